The van der Waals surface area contributed by atoms with Crippen molar-refractivity contribution in [3.05, 3.63) is 11.7 Å². The van der Waals surface area contributed by atoms with Crippen molar-refractivity contribution in [2.45, 2.75) is 58.9 Å². The second-order valence-corrected chi connectivity index (χ2v) is 5.77. The average molecular weight is 225 g/mol. The minimum atomic E-state index is -0.526. The zero-order valence-corrected chi connectivity index (χ0v) is 11.2. The molecule has 0 aliphatic heterocycles. The summed E-state index contributed by atoms with van der Waals surface area (Å²) in [5.41, 5.74) is 5.61. The molecule has 0 radical (unpaired) electrons. The van der Waals surface area contributed by atoms with Crippen molar-refractivity contribution in [1.82, 2.24) is 10.1 Å². The van der Waals surface area contributed by atoms with Crippen molar-refractivity contribution in [2.75, 3.05) is 0 Å². The molecular weight excluding hydrogens is 202 g/mol. The van der Waals surface area contributed by atoms with Gasteiger partial charge in [-0.3, -0.25) is 0 Å². The van der Waals surface area contributed by atoms with E-state index in [1.54, 1.807) is 0 Å². The van der Waals surface area contributed by atoms with Gasteiger partial charge in [-0.1, -0.05) is 46.2 Å². The van der Waals surface area contributed by atoms with Crippen LogP contribution >= 0.6 is 0 Å². The fraction of sp³-hybridized carbons (Fsp3) is 0.833. The first kappa shape index (κ1) is 13.2. The fourth-order valence-electron chi connectivity index (χ4n) is 1.39. The molecule has 1 aromatic rings. The molecule has 0 bridgehead atoms. The average Bonchev–Trinajstić information content (AvgIpc) is 2.64. The summed E-state index contributed by atoms with van der Waals surface area (Å²) in [6.45, 7) is 12.3. The maximum Gasteiger partial charge on any atom is 0.232 e. The summed E-state index contributed by atoms with van der Waals surface area (Å²) in [6, 6.07) is 0. The predicted molar refractivity (Wildman–Crippen MR) is 64.0 cm³/mol. The third-order valence-corrected chi connectivity index (χ3v) is 3.19. The Kier molecular flexibility index (Phi) is 3.43. The van der Waals surface area contributed by atoms with Crippen LogP contribution in [0.15, 0.2) is 4.52 Å². The van der Waals surface area contributed by atoms with E-state index in [1.165, 1.54) is 0 Å². The van der Waals surface area contributed by atoms with Crippen LogP contribution in [-0.2, 0) is 11.0 Å². The quantitative estimate of drug-likeness (QED) is 0.858. The molecule has 16 heavy (non-hydrogen) atoms. The number of rotatable bonds is 3. The summed E-state index contributed by atoms with van der Waals surface area (Å²) in [4.78, 5) is 4.42. The largest absolute Gasteiger partial charge is 0.339 e. The molecule has 0 fully saturated rings. The Morgan fingerprint density at radius 2 is 1.88 bits per heavy atom. The van der Waals surface area contributed by atoms with Crippen LogP contribution in [0.25, 0.3) is 0 Å². The maximum absolute atomic E-state index is 6.26. The van der Waals surface area contributed by atoms with Gasteiger partial charge in [-0.2, -0.15) is 4.98 Å². The summed E-state index contributed by atoms with van der Waals surface area (Å²) in [7, 11) is 0. The number of aromatic nitrogens is 2. The summed E-state index contributed by atoms with van der Waals surface area (Å²) in [5.74, 6) is 1.56. The van der Waals surface area contributed by atoms with Crippen LogP contribution in [0.4, 0.5) is 0 Å². The monoisotopic (exact) mass is 225 g/mol. The summed E-state index contributed by atoms with van der Waals surface area (Å²) in [6.07, 6.45) is 0.992. The van der Waals surface area contributed by atoms with Gasteiger partial charge in [0.1, 0.15) is 0 Å². The number of hydrogen-bond acceptors (Lipinski definition) is 4. The molecule has 1 aromatic heterocycles. The lowest BCUT2D eigenvalue weighted by atomic mass is 9.85. The Bertz CT molecular complexity index is 349. The van der Waals surface area contributed by atoms with Crippen LogP contribution in [0.2, 0.25) is 0 Å². The van der Waals surface area contributed by atoms with E-state index in [0.29, 0.717) is 17.6 Å². The first-order valence-electron chi connectivity index (χ1n) is 5.83. The SMILES string of the molecule is CCC(C)C(C)(N)c1noc(C(C)(C)C)n1. The molecule has 1 rings (SSSR count). The maximum atomic E-state index is 6.26. The molecule has 4 nitrogen and oxygen atoms in total. The highest BCUT2D eigenvalue weighted by atomic mass is 16.5. The molecule has 0 aliphatic carbocycles. The predicted octanol–water partition coefficient (Wildman–Crippen LogP) is 2.59. The van der Waals surface area contributed by atoms with Crippen molar-refractivity contribution in [3.63, 3.8) is 0 Å². The van der Waals surface area contributed by atoms with Crippen LogP contribution < -0.4 is 5.73 Å². The Morgan fingerprint density at radius 3 is 2.25 bits per heavy atom. The van der Waals surface area contributed by atoms with E-state index in [2.05, 4.69) is 24.0 Å². The third kappa shape index (κ3) is 2.43. The van der Waals surface area contributed by atoms with Crippen molar-refractivity contribution in [3.8, 4) is 0 Å². The number of hydrogen-bond donors (Lipinski definition) is 1. The van der Waals surface area contributed by atoms with Gasteiger partial charge >= 0.3 is 0 Å². The van der Waals surface area contributed by atoms with Gasteiger partial charge < -0.3 is 10.3 Å². The first-order chi connectivity index (χ1) is 7.19. The molecule has 0 spiro atoms. The molecule has 0 saturated carbocycles. The first-order valence-corrected chi connectivity index (χ1v) is 5.83. The van der Waals surface area contributed by atoms with Crippen molar-refractivity contribution < 1.29 is 4.52 Å². The van der Waals surface area contributed by atoms with E-state index in [9.17, 15) is 0 Å². The Morgan fingerprint density at radius 1 is 1.31 bits per heavy atom. The topological polar surface area (TPSA) is 64.9 Å². The Labute approximate surface area is 97.6 Å². The molecule has 1 heterocycles. The van der Waals surface area contributed by atoms with Gasteiger partial charge in [0.15, 0.2) is 5.82 Å². The Hall–Kier alpha value is -0.900. The molecule has 2 atom stereocenters. The highest BCUT2D eigenvalue weighted by Crippen LogP contribution is 2.28. The minimum Gasteiger partial charge on any atom is -0.339 e. The van der Waals surface area contributed by atoms with Gasteiger partial charge in [-0.05, 0) is 12.8 Å². The van der Waals surface area contributed by atoms with Gasteiger partial charge in [0.2, 0.25) is 5.89 Å². The van der Waals surface area contributed by atoms with E-state index in [1.807, 2.05) is 27.7 Å². The lowest BCUT2D eigenvalue weighted by molar-refractivity contribution is 0.276. The zero-order valence-electron chi connectivity index (χ0n) is 11.2. The van der Waals surface area contributed by atoms with Crippen LogP contribution in [0.1, 0.15) is 59.7 Å². The molecule has 2 unspecified atom stereocenters. The van der Waals surface area contributed by atoms with Gasteiger partial charge in [-0.15, -0.1) is 0 Å². The number of nitrogens with two attached hydrogens (primary N) is 1. The lowest BCUT2D eigenvalue weighted by Gasteiger charge is -2.27. The molecule has 4 heteroatoms. The van der Waals surface area contributed by atoms with Crippen molar-refractivity contribution in [2.24, 2.45) is 11.7 Å². The van der Waals surface area contributed by atoms with Crippen molar-refractivity contribution in [1.29, 1.82) is 0 Å². The van der Waals surface area contributed by atoms with Crippen LogP contribution in [0.5, 0.6) is 0 Å². The lowest BCUT2D eigenvalue weighted by Crippen LogP contribution is -2.40. The molecule has 0 aromatic carbocycles. The molecule has 2 N–H and O–H groups in total. The molecule has 92 valence electrons. The second kappa shape index (κ2) is 4.17. The van der Waals surface area contributed by atoms with Crippen molar-refractivity contribution >= 4 is 0 Å². The summed E-state index contributed by atoms with van der Waals surface area (Å²) >= 11 is 0. The van der Waals surface area contributed by atoms with E-state index in [0.717, 1.165) is 6.42 Å². The second-order valence-electron chi connectivity index (χ2n) is 5.77. The zero-order chi connectivity index (χ0) is 12.6. The van der Waals surface area contributed by atoms with E-state index in [4.69, 9.17) is 10.3 Å². The molecule has 0 saturated heterocycles. The number of nitrogens with zero attached hydrogens (tertiary/aromatic N) is 2. The summed E-state index contributed by atoms with van der Waals surface area (Å²) in [5, 5.41) is 4.01. The highest BCUT2D eigenvalue weighted by molar-refractivity contribution is 5.07. The standard InChI is InChI=1S/C12H23N3O/c1-7-8(2)12(6,13)9-14-10(16-15-9)11(3,4)5/h8H,7,13H2,1-6H3. The highest BCUT2D eigenvalue weighted by Gasteiger charge is 2.34. The van der Waals surface area contributed by atoms with E-state index < -0.39 is 5.54 Å². The molecule has 0 amide bonds. The van der Waals surface area contributed by atoms with Crippen LogP contribution in [-0.4, -0.2) is 10.1 Å². The van der Waals surface area contributed by atoms with E-state index in [-0.39, 0.29) is 5.41 Å². The smallest absolute Gasteiger partial charge is 0.232 e. The minimum absolute atomic E-state index is 0.128. The van der Waals surface area contributed by atoms with Gasteiger partial charge in [0, 0.05) is 5.41 Å². The normalized spacial score (nSPS) is 18.2. The van der Waals surface area contributed by atoms with Gasteiger partial charge in [-0.25, -0.2) is 0 Å². The Balaban J connectivity index is 3.02. The molecule has 0 aliphatic rings. The van der Waals surface area contributed by atoms with Crippen LogP contribution in [0, 0.1) is 5.92 Å². The summed E-state index contributed by atoms with van der Waals surface area (Å²) < 4.78 is 5.27. The van der Waals surface area contributed by atoms with Gasteiger partial charge in [0.25, 0.3) is 0 Å². The third-order valence-electron chi connectivity index (χ3n) is 3.19. The van der Waals surface area contributed by atoms with E-state index >= 15 is 0 Å². The van der Waals surface area contributed by atoms with Crippen LogP contribution in [0.3, 0.4) is 0 Å². The van der Waals surface area contributed by atoms with Gasteiger partial charge in [0.05, 0.1) is 5.54 Å². The molecular formula is C12H23N3O. The fourth-order valence-corrected chi connectivity index (χ4v) is 1.39.